The Kier molecular flexibility index (Phi) is 4.15. The largest absolute Gasteiger partial charge is 0.497 e. The number of ether oxygens (including phenoxy) is 1. The highest BCUT2D eigenvalue weighted by Gasteiger charge is 2.15. The average Bonchev–Trinajstić information content (AvgIpc) is 2.94. The zero-order chi connectivity index (χ0) is 17.1. The minimum atomic E-state index is -0.644. The Hall–Kier alpha value is -3.35. The highest BCUT2D eigenvalue weighted by Crippen LogP contribution is 2.17. The minimum Gasteiger partial charge on any atom is -0.497 e. The molecule has 2 aromatic carbocycles. The van der Waals surface area contributed by atoms with Crippen molar-refractivity contribution in [2.75, 3.05) is 12.5 Å². The van der Waals surface area contributed by atoms with Crippen LogP contribution in [0.15, 0.2) is 48.5 Å². The summed E-state index contributed by atoms with van der Waals surface area (Å²) in [7, 11) is 1.58. The molecule has 0 atom stereocenters. The molecule has 7 heteroatoms. The Bertz CT molecular complexity index is 900. The van der Waals surface area contributed by atoms with E-state index in [2.05, 4.69) is 10.5 Å². The summed E-state index contributed by atoms with van der Waals surface area (Å²) in [4.78, 5) is 25.0. The standard InChI is InChI=1S/C17H16N4O3/c1-24-12-8-6-11(7-9-12)10-15(22)19-21-14-5-3-2-4-13(14)16(20-21)17(18)23/h2-9H,10H2,1H3,(H2,18,23)(H,19,22). The van der Waals surface area contributed by atoms with Gasteiger partial charge in [0, 0.05) is 5.39 Å². The van der Waals surface area contributed by atoms with Crippen molar-refractivity contribution in [3.05, 3.63) is 59.8 Å². The fourth-order valence-corrected chi connectivity index (χ4v) is 2.42. The molecule has 0 radical (unpaired) electrons. The molecule has 3 aromatic rings. The minimum absolute atomic E-state index is 0.121. The van der Waals surface area contributed by atoms with Gasteiger partial charge in [0.25, 0.3) is 5.91 Å². The van der Waals surface area contributed by atoms with Gasteiger partial charge in [-0.1, -0.05) is 30.3 Å². The fraction of sp³-hybridized carbons (Fsp3) is 0.118. The molecular weight excluding hydrogens is 308 g/mol. The number of rotatable bonds is 5. The summed E-state index contributed by atoms with van der Waals surface area (Å²) in [6, 6.07) is 14.3. The van der Waals surface area contributed by atoms with Gasteiger partial charge in [-0.2, -0.15) is 4.79 Å². The van der Waals surface area contributed by atoms with Crippen molar-refractivity contribution in [2.45, 2.75) is 6.42 Å². The smallest absolute Gasteiger partial charge is 0.269 e. The topological polar surface area (TPSA) is 99.2 Å². The van der Waals surface area contributed by atoms with Crippen LogP contribution < -0.4 is 15.9 Å². The Morgan fingerprint density at radius 2 is 1.88 bits per heavy atom. The molecule has 0 saturated heterocycles. The SMILES string of the molecule is COc1ccc(CC(=O)Nn2nc(C(N)=O)c3ccccc32)cc1. The van der Waals surface area contributed by atoms with Gasteiger partial charge in [-0.25, -0.2) is 5.43 Å². The number of nitrogens with zero attached hydrogens (tertiary/aromatic N) is 2. The van der Waals surface area contributed by atoms with Crippen LogP contribution in [0.4, 0.5) is 0 Å². The molecular formula is C17H16N4O3. The molecule has 3 N–H and O–H groups in total. The van der Waals surface area contributed by atoms with Crippen molar-refractivity contribution in [3.63, 3.8) is 0 Å². The number of nitrogens with two attached hydrogens (primary N) is 1. The van der Waals surface area contributed by atoms with E-state index < -0.39 is 5.91 Å². The van der Waals surface area contributed by atoms with Gasteiger partial charge in [-0.15, -0.1) is 5.10 Å². The summed E-state index contributed by atoms with van der Waals surface area (Å²) < 4.78 is 5.08. The lowest BCUT2D eigenvalue weighted by atomic mass is 10.1. The van der Waals surface area contributed by atoms with Crippen LogP contribution in [0.5, 0.6) is 5.75 Å². The van der Waals surface area contributed by atoms with Crippen LogP contribution in [-0.2, 0) is 11.2 Å². The van der Waals surface area contributed by atoms with Gasteiger partial charge in [0.05, 0.1) is 19.0 Å². The summed E-state index contributed by atoms with van der Waals surface area (Å²) in [6.45, 7) is 0. The van der Waals surface area contributed by atoms with Gasteiger partial charge in [-0.3, -0.25) is 9.59 Å². The number of para-hydroxylation sites is 1. The van der Waals surface area contributed by atoms with E-state index in [1.54, 1.807) is 43.5 Å². The highest BCUT2D eigenvalue weighted by atomic mass is 16.5. The second kappa shape index (κ2) is 6.41. The first-order valence-electron chi connectivity index (χ1n) is 7.29. The van der Waals surface area contributed by atoms with Crippen LogP contribution >= 0.6 is 0 Å². The van der Waals surface area contributed by atoms with Crippen molar-refractivity contribution in [1.82, 2.24) is 9.89 Å². The third-order valence-electron chi connectivity index (χ3n) is 3.58. The van der Waals surface area contributed by atoms with Crippen LogP contribution in [0.3, 0.4) is 0 Å². The summed E-state index contributed by atoms with van der Waals surface area (Å²) in [5.74, 6) is -0.179. The molecule has 2 amide bonds. The molecule has 0 fully saturated rings. The van der Waals surface area contributed by atoms with Crippen molar-refractivity contribution in [1.29, 1.82) is 0 Å². The number of hydrogen-bond donors (Lipinski definition) is 2. The van der Waals surface area contributed by atoms with E-state index in [0.29, 0.717) is 10.9 Å². The zero-order valence-corrected chi connectivity index (χ0v) is 13.0. The van der Waals surface area contributed by atoms with Gasteiger partial charge >= 0.3 is 0 Å². The Morgan fingerprint density at radius 3 is 2.54 bits per heavy atom. The maximum atomic E-state index is 12.2. The van der Waals surface area contributed by atoms with Crippen LogP contribution in [0.1, 0.15) is 16.1 Å². The number of carbonyl (C=O) groups excluding carboxylic acids is 2. The van der Waals surface area contributed by atoms with E-state index in [1.807, 2.05) is 12.1 Å². The van der Waals surface area contributed by atoms with Crippen molar-refractivity contribution in [3.8, 4) is 5.75 Å². The molecule has 0 aliphatic carbocycles. The molecule has 7 nitrogen and oxygen atoms in total. The number of primary amides is 1. The first kappa shape index (κ1) is 15.5. The predicted molar refractivity (Wildman–Crippen MR) is 89.3 cm³/mol. The molecule has 0 aliphatic rings. The Labute approximate surface area is 138 Å². The van der Waals surface area contributed by atoms with Crippen LogP contribution in [0.2, 0.25) is 0 Å². The summed E-state index contributed by atoms with van der Waals surface area (Å²) >= 11 is 0. The van der Waals surface area contributed by atoms with E-state index in [1.165, 1.54) is 4.79 Å². The van der Waals surface area contributed by atoms with E-state index in [9.17, 15) is 9.59 Å². The van der Waals surface area contributed by atoms with Gasteiger partial charge < -0.3 is 10.5 Å². The molecule has 3 rings (SSSR count). The first-order chi connectivity index (χ1) is 11.6. The van der Waals surface area contributed by atoms with Crippen LogP contribution in [0, 0.1) is 0 Å². The number of methoxy groups -OCH3 is 1. The van der Waals surface area contributed by atoms with E-state index in [-0.39, 0.29) is 18.0 Å². The number of benzene rings is 2. The zero-order valence-electron chi connectivity index (χ0n) is 13.0. The molecule has 1 aromatic heterocycles. The fourth-order valence-electron chi connectivity index (χ4n) is 2.42. The van der Waals surface area contributed by atoms with E-state index in [4.69, 9.17) is 10.5 Å². The summed E-state index contributed by atoms with van der Waals surface area (Å²) in [5.41, 5.74) is 9.56. The molecule has 24 heavy (non-hydrogen) atoms. The van der Waals surface area contributed by atoms with Gasteiger partial charge in [0.15, 0.2) is 5.69 Å². The van der Waals surface area contributed by atoms with Crippen LogP contribution in [0.25, 0.3) is 10.9 Å². The predicted octanol–water partition coefficient (Wildman–Crippen LogP) is 1.46. The van der Waals surface area contributed by atoms with Crippen molar-refractivity contribution >= 4 is 22.7 Å². The molecule has 1 heterocycles. The third-order valence-corrected chi connectivity index (χ3v) is 3.58. The van der Waals surface area contributed by atoms with Gasteiger partial charge in [0.1, 0.15) is 5.75 Å². The highest BCUT2D eigenvalue weighted by molar-refractivity contribution is 6.04. The lowest BCUT2D eigenvalue weighted by molar-refractivity contribution is -0.116. The second-order valence-corrected chi connectivity index (χ2v) is 5.20. The van der Waals surface area contributed by atoms with Gasteiger partial charge in [-0.05, 0) is 23.8 Å². The monoisotopic (exact) mass is 324 g/mol. The maximum absolute atomic E-state index is 12.2. The first-order valence-corrected chi connectivity index (χ1v) is 7.29. The molecule has 0 spiro atoms. The summed E-state index contributed by atoms with van der Waals surface area (Å²) in [5, 5.41) is 4.68. The normalized spacial score (nSPS) is 10.5. The number of fused-ring (bicyclic) bond motifs is 1. The molecule has 0 bridgehead atoms. The number of nitrogens with one attached hydrogen (secondary N) is 1. The number of aromatic nitrogens is 2. The molecule has 122 valence electrons. The van der Waals surface area contributed by atoms with E-state index in [0.717, 1.165) is 11.3 Å². The Balaban J connectivity index is 1.81. The maximum Gasteiger partial charge on any atom is 0.269 e. The van der Waals surface area contributed by atoms with Crippen molar-refractivity contribution < 1.29 is 14.3 Å². The van der Waals surface area contributed by atoms with Crippen LogP contribution in [-0.4, -0.2) is 28.8 Å². The number of amides is 2. The lowest BCUT2D eigenvalue weighted by Crippen LogP contribution is -2.26. The molecule has 0 aliphatic heterocycles. The average molecular weight is 324 g/mol. The number of hydrogen-bond acceptors (Lipinski definition) is 4. The van der Waals surface area contributed by atoms with Crippen molar-refractivity contribution in [2.24, 2.45) is 5.73 Å². The lowest BCUT2D eigenvalue weighted by Gasteiger charge is -2.07. The second-order valence-electron chi connectivity index (χ2n) is 5.20. The summed E-state index contributed by atoms with van der Waals surface area (Å²) in [6.07, 6.45) is 0.171. The molecule has 0 unspecified atom stereocenters. The van der Waals surface area contributed by atoms with Gasteiger partial charge in [0.2, 0.25) is 5.91 Å². The number of carbonyl (C=O) groups is 2. The third kappa shape index (κ3) is 3.05. The molecule has 0 saturated carbocycles. The Morgan fingerprint density at radius 1 is 1.17 bits per heavy atom. The quantitative estimate of drug-likeness (QED) is 0.742. The van der Waals surface area contributed by atoms with E-state index >= 15 is 0 Å².